The van der Waals surface area contributed by atoms with E-state index in [0.717, 1.165) is 29.5 Å². The molecule has 1 aliphatic carbocycles. The Bertz CT molecular complexity index is 766. The van der Waals surface area contributed by atoms with Crippen molar-refractivity contribution < 1.29 is 0 Å². The Labute approximate surface area is 120 Å². The van der Waals surface area contributed by atoms with Gasteiger partial charge in [0.2, 0.25) is 0 Å². The van der Waals surface area contributed by atoms with E-state index >= 15 is 0 Å². The van der Waals surface area contributed by atoms with Crippen molar-refractivity contribution in [3.8, 4) is 0 Å². The predicted molar refractivity (Wildman–Crippen MR) is 82.7 cm³/mol. The van der Waals surface area contributed by atoms with Gasteiger partial charge in [-0.1, -0.05) is 13.0 Å². The number of thiophene rings is 1. The molecule has 0 radical (unpaired) electrons. The Morgan fingerprint density at radius 2 is 2.42 bits per heavy atom. The van der Waals surface area contributed by atoms with E-state index in [1.807, 2.05) is 0 Å². The first-order valence-electron chi connectivity index (χ1n) is 6.50. The number of aromatic amines is 1. The molecule has 1 N–H and O–H groups in total. The lowest BCUT2D eigenvalue weighted by molar-refractivity contribution is 0.509. The summed E-state index contributed by atoms with van der Waals surface area (Å²) in [4.78, 5) is 18.1. The molecule has 0 fully saturated rings. The average Bonchev–Trinajstić information content (AvgIpc) is 2.71. The van der Waals surface area contributed by atoms with E-state index in [-0.39, 0.29) is 5.56 Å². The maximum absolute atomic E-state index is 12.6. The Kier molecular flexibility index (Phi) is 3.19. The van der Waals surface area contributed by atoms with Crippen molar-refractivity contribution in [1.29, 1.82) is 0 Å². The predicted octanol–water partition coefficient (Wildman–Crippen LogP) is 3.43. The fourth-order valence-corrected chi connectivity index (χ4v) is 4.48. The molecule has 0 amide bonds. The molecule has 0 unspecified atom stereocenters. The zero-order chi connectivity index (χ0) is 13.6. The SMILES string of the molecule is C=CCn1c(=S)[nH]c2sc3c(c2c1=O)CC[C@@H](C)C3. The highest BCUT2D eigenvalue weighted by molar-refractivity contribution is 7.71. The largest absolute Gasteiger partial charge is 0.323 e. The third-order valence-electron chi connectivity index (χ3n) is 3.75. The minimum atomic E-state index is 0.0331. The van der Waals surface area contributed by atoms with Crippen molar-refractivity contribution in [2.24, 2.45) is 5.92 Å². The van der Waals surface area contributed by atoms with Crippen LogP contribution in [0.5, 0.6) is 0 Å². The zero-order valence-electron chi connectivity index (χ0n) is 10.9. The molecule has 1 atom stereocenters. The van der Waals surface area contributed by atoms with Crippen LogP contribution < -0.4 is 5.56 Å². The second kappa shape index (κ2) is 4.72. The van der Waals surface area contributed by atoms with E-state index in [0.29, 0.717) is 17.2 Å². The van der Waals surface area contributed by atoms with Crippen LogP contribution in [0.25, 0.3) is 10.2 Å². The summed E-state index contributed by atoms with van der Waals surface area (Å²) in [5.41, 5.74) is 1.28. The van der Waals surface area contributed by atoms with E-state index in [2.05, 4.69) is 18.5 Å². The van der Waals surface area contributed by atoms with Gasteiger partial charge in [-0.05, 0) is 43.0 Å². The van der Waals surface area contributed by atoms with Crippen LogP contribution in [0.2, 0.25) is 0 Å². The minimum Gasteiger partial charge on any atom is -0.323 e. The summed E-state index contributed by atoms with van der Waals surface area (Å²) in [6.07, 6.45) is 4.95. The topological polar surface area (TPSA) is 37.8 Å². The lowest BCUT2D eigenvalue weighted by Crippen LogP contribution is -2.22. The van der Waals surface area contributed by atoms with Gasteiger partial charge in [-0.3, -0.25) is 9.36 Å². The summed E-state index contributed by atoms with van der Waals surface area (Å²) in [6.45, 7) is 6.42. The van der Waals surface area contributed by atoms with Gasteiger partial charge in [-0.15, -0.1) is 17.9 Å². The van der Waals surface area contributed by atoms with Gasteiger partial charge in [0, 0.05) is 11.4 Å². The smallest absolute Gasteiger partial charge is 0.263 e. The van der Waals surface area contributed by atoms with Crippen LogP contribution in [0.1, 0.15) is 23.8 Å². The molecule has 19 heavy (non-hydrogen) atoms. The second-order valence-corrected chi connectivity index (χ2v) is 6.68. The van der Waals surface area contributed by atoms with Crippen molar-refractivity contribution in [3.05, 3.63) is 38.2 Å². The maximum atomic E-state index is 12.6. The lowest BCUT2D eigenvalue weighted by atomic mass is 9.89. The number of hydrogen-bond acceptors (Lipinski definition) is 3. The molecule has 3 nitrogen and oxygen atoms in total. The minimum absolute atomic E-state index is 0.0331. The number of fused-ring (bicyclic) bond motifs is 3. The molecule has 3 rings (SSSR count). The molecule has 2 heterocycles. The number of aromatic nitrogens is 2. The first kappa shape index (κ1) is 12.8. The number of allylic oxidation sites excluding steroid dienone is 1. The first-order valence-corrected chi connectivity index (χ1v) is 7.72. The molecular weight excluding hydrogens is 276 g/mol. The van der Waals surface area contributed by atoms with Crippen molar-refractivity contribution in [3.63, 3.8) is 0 Å². The average molecular weight is 292 g/mol. The van der Waals surface area contributed by atoms with Crippen molar-refractivity contribution in [2.75, 3.05) is 0 Å². The van der Waals surface area contributed by atoms with Crippen LogP contribution in [-0.2, 0) is 19.4 Å². The Morgan fingerprint density at radius 1 is 1.63 bits per heavy atom. The molecule has 0 spiro atoms. The van der Waals surface area contributed by atoms with E-state index in [1.54, 1.807) is 22.0 Å². The molecule has 0 saturated carbocycles. The number of rotatable bonds is 2. The number of nitrogens with one attached hydrogen (secondary N) is 1. The van der Waals surface area contributed by atoms with Gasteiger partial charge >= 0.3 is 0 Å². The summed E-state index contributed by atoms with van der Waals surface area (Å²) in [5.74, 6) is 0.707. The molecule has 0 bridgehead atoms. The molecule has 2 aromatic rings. The fraction of sp³-hybridized carbons (Fsp3) is 0.429. The summed E-state index contributed by atoms with van der Waals surface area (Å²) >= 11 is 6.96. The first-order chi connectivity index (χ1) is 9.11. The molecule has 0 saturated heterocycles. The van der Waals surface area contributed by atoms with Crippen LogP contribution >= 0.6 is 23.6 Å². The summed E-state index contributed by atoms with van der Waals surface area (Å²) in [7, 11) is 0. The van der Waals surface area contributed by atoms with E-state index in [9.17, 15) is 4.79 Å². The van der Waals surface area contributed by atoms with Crippen molar-refractivity contribution >= 4 is 33.8 Å². The maximum Gasteiger partial charge on any atom is 0.263 e. The molecule has 100 valence electrons. The number of nitrogens with zero attached hydrogens (tertiary/aromatic N) is 1. The summed E-state index contributed by atoms with van der Waals surface area (Å²) in [5, 5.41) is 0.849. The van der Waals surface area contributed by atoms with Gasteiger partial charge in [0.25, 0.3) is 5.56 Å². The van der Waals surface area contributed by atoms with Crippen LogP contribution in [0.4, 0.5) is 0 Å². The Balaban J connectivity index is 2.33. The highest BCUT2D eigenvalue weighted by Crippen LogP contribution is 2.35. The Hall–Kier alpha value is -1.20. The number of aryl methyl sites for hydroxylation is 1. The fourth-order valence-electron chi connectivity index (χ4n) is 2.75. The highest BCUT2D eigenvalue weighted by atomic mass is 32.1. The third kappa shape index (κ3) is 2.01. The Morgan fingerprint density at radius 3 is 3.16 bits per heavy atom. The zero-order valence-corrected chi connectivity index (χ0v) is 12.5. The van der Waals surface area contributed by atoms with Crippen LogP contribution in [0.15, 0.2) is 17.4 Å². The van der Waals surface area contributed by atoms with Gasteiger partial charge in [0.05, 0.1) is 5.39 Å². The van der Waals surface area contributed by atoms with Gasteiger partial charge in [-0.25, -0.2) is 0 Å². The van der Waals surface area contributed by atoms with Crippen LogP contribution in [-0.4, -0.2) is 9.55 Å². The van der Waals surface area contributed by atoms with Crippen LogP contribution in [0, 0.1) is 10.7 Å². The quantitative estimate of drug-likeness (QED) is 0.680. The van der Waals surface area contributed by atoms with Crippen molar-refractivity contribution in [2.45, 2.75) is 32.7 Å². The lowest BCUT2D eigenvalue weighted by Gasteiger charge is -2.17. The van der Waals surface area contributed by atoms with E-state index < -0.39 is 0 Å². The van der Waals surface area contributed by atoms with Gasteiger partial charge in [0.15, 0.2) is 4.77 Å². The monoisotopic (exact) mass is 292 g/mol. The molecular formula is C14H16N2OS2. The molecule has 5 heteroatoms. The molecule has 0 aliphatic heterocycles. The highest BCUT2D eigenvalue weighted by Gasteiger charge is 2.22. The normalized spacial score (nSPS) is 18.5. The summed E-state index contributed by atoms with van der Waals surface area (Å²) < 4.78 is 2.08. The number of hydrogen-bond donors (Lipinski definition) is 1. The molecule has 0 aromatic carbocycles. The third-order valence-corrected chi connectivity index (χ3v) is 5.24. The van der Waals surface area contributed by atoms with Gasteiger partial charge < -0.3 is 4.98 Å². The molecule has 2 aromatic heterocycles. The van der Waals surface area contributed by atoms with E-state index in [4.69, 9.17) is 12.2 Å². The van der Waals surface area contributed by atoms with Gasteiger partial charge in [-0.2, -0.15) is 0 Å². The van der Waals surface area contributed by atoms with E-state index in [1.165, 1.54) is 10.4 Å². The number of H-pyrrole nitrogens is 1. The summed E-state index contributed by atoms with van der Waals surface area (Å²) in [6, 6.07) is 0. The van der Waals surface area contributed by atoms with Crippen molar-refractivity contribution in [1.82, 2.24) is 9.55 Å². The van der Waals surface area contributed by atoms with Gasteiger partial charge in [0.1, 0.15) is 4.83 Å². The van der Waals surface area contributed by atoms with Crippen LogP contribution in [0.3, 0.4) is 0 Å². The standard InChI is InChI=1S/C14H16N2OS2/c1-3-6-16-13(17)11-9-5-4-8(2)7-10(9)19-12(11)15-14(16)18/h3,8H,1,4-7H2,2H3,(H,15,18)/t8-/m1/s1. The molecule has 1 aliphatic rings. The second-order valence-electron chi connectivity index (χ2n) is 5.19.